The van der Waals surface area contributed by atoms with E-state index in [1.807, 2.05) is 0 Å². The second kappa shape index (κ2) is 13.1. The zero-order chi connectivity index (χ0) is 19.4. The van der Waals surface area contributed by atoms with Crippen LogP contribution in [0.15, 0.2) is 24.3 Å². The lowest BCUT2D eigenvalue weighted by molar-refractivity contribution is 0.281. The van der Waals surface area contributed by atoms with E-state index in [2.05, 4.69) is 81.2 Å². The maximum absolute atomic E-state index is 5.82. The number of hydrogen-bond donors (Lipinski definition) is 1. The molecule has 1 aromatic carbocycles. The molecule has 0 aliphatic rings. The molecule has 1 aromatic rings. The van der Waals surface area contributed by atoms with E-state index in [0.29, 0.717) is 12.1 Å². The number of nitrogens with zero attached hydrogens (tertiary/aromatic N) is 2. The SMILES string of the molecule is CCN(CC)CCCC(C)NC(C)c1ccc(OCCCN(C)C)cc1. The van der Waals surface area contributed by atoms with Crippen molar-refractivity contribution < 1.29 is 4.74 Å². The molecule has 0 fully saturated rings. The standard InChI is InChI=1S/C22H41N3O/c1-7-25(8-2)17-9-11-19(3)23-20(4)21-12-14-22(15-13-21)26-18-10-16-24(5)6/h12-15,19-20,23H,7-11,16-18H2,1-6H3. The van der Waals surface area contributed by atoms with Crippen LogP contribution in [0.4, 0.5) is 0 Å². The molecule has 150 valence electrons. The molecule has 4 heteroatoms. The van der Waals surface area contributed by atoms with E-state index in [0.717, 1.165) is 38.4 Å². The third-order valence-electron chi connectivity index (χ3n) is 4.94. The first-order valence-electron chi connectivity index (χ1n) is 10.3. The average molecular weight is 364 g/mol. The highest BCUT2D eigenvalue weighted by Crippen LogP contribution is 2.19. The minimum atomic E-state index is 0.362. The summed E-state index contributed by atoms with van der Waals surface area (Å²) in [5.41, 5.74) is 1.32. The monoisotopic (exact) mass is 363 g/mol. The van der Waals surface area contributed by atoms with Crippen molar-refractivity contribution in [2.24, 2.45) is 0 Å². The van der Waals surface area contributed by atoms with Crippen LogP contribution >= 0.6 is 0 Å². The highest BCUT2D eigenvalue weighted by molar-refractivity contribution is 5.29. The maximum atomic E-state index is 5.82. The molecule has 0 bridgehead atoms. The Bertz CT molecular complexity index is 457. The third kappa shape index (κ3) is 9.56. The quantitative estimate of drug-likeness (QED) is 0.502. The number of benzene rings is 1. The topological polar surface area (TPSA) is 27.7 Å². The first-order chi connectivity index (χ1) is 12.5. The molecular weight excluding hydrogens is 322 g/mol. The summed E-state index contributed by atoms with van der Waals surface area (Å²) in [5.74, 6) is 0.965. The summed E-state index contributed by atoms with van der Waals surface area (Å²) in [4.78, 5) is 4.68. The van der Waals surface area contributed by atoms with E-state index in [9.17, 15) is 0 Å². The fraction of sp³-hybridized carbons (Fsp3) is 0.727. The van der Waals surface area contributed by atoms with Crippen molar-refractivity contribution in [2.45, 2.75) is 59.0 Å². The van der Waals surface area contributed by atoms with E-state index in [4.69, 9.17) is 4.74 Å². The molecule has 1 rings (SSSR count). The summed E-state index contributed by atoms with van der Waals surface area (Å²) in [5, 5.41) is 3.73. The second-order valence-electron chi connectivity index (χ2n) is 7.53. The largest absolute Gasteiger partial charge is 0.494 e. The molecule has 26 heavy (non-hydrogen) atoms. The van der Waals surface area contributed by atoms with Gasteiger partial charge in [-0.3, -0.25) is 0 Å². The van der Waals surface area contributed by atoms with Gasteiger partial charge in [0.15, 0.2) is 0 Å². The molecule has 0 aromatic heterocycles. The van der Waals surface area contributed by atoms with E-state index < -0.39 is 0 Å². The van der Waals surface area contributed by atoms with Gasteiger partial charge in [-0.2, -0.15) is 0 Å². The number of hydrogen-bond acceptors (Lipinski definition) is 4. The summed E-state index contributed by atoms with van der Waals surface area (Å²) < 4.78 is 5.82. The average Bonchev–Trinajstić information content (AvgIpc) is 2.62. The van der Waals surface area contributed by atoms with Gasteiger partial charge >= 0.3 is 0 Å². The van der Waals surface area contributed by atoms with Crippen LogP contribution in [0.1, 0.15) is 58.6 Å². The summed E-state index contributed by atoms with van der Waals surface area (Å²) in [7, 11) is 4.18. The van der Waals surface area contributed by atoms with Crippen molar-refractivity contribution in [1.82, 2.24) is 15.1 Å². The molecule has 0 radical (unpaired) electrons. The summed E-state index contributed by atoms with van der Waals surface area (Å²) in [6.07, 6.45) is 3.52. The Morgan fingerprint density at radius 3 is 2.19 bits per heavy atom. The van der Waals surface area contributed by atoms with Crippen molar-refractivity contribution in [1.29, 1.82) is 0 Å². The first kappa shape index (κ1) is 22.9. The van der Waals surface area contributed by atoms with E-state index >= 15 is 0 Å². The molecule has 0 aliphatic heterocycles. The number of ether oxygens (including phenoxy) is 1. The van der Waals surface area contributed by atoms with Crippen molar-refractivity contribution in [2.75, 3.05) is 46.9 Å². The van der Waals surface area contributed by atoms with Gasteiger partial charge in [0, 0.05) is 18.6 Å². The van der Waals surface area contributed by atoms with Gasteiger partial charge in [-0.15, -0.1) is 0 Å². The van der Waals surface area contributed by atoms with E-state index in [-0.39, 0.29) is 0 Å². The predicted molar refractivity (Wildman–Crippen MR) is 113 cm³/mol. The lowest BCUT2D eigenvalue weighted by Gasteiger charge is -2.23. The van der Waals surface area contributed by atoms with Crippen molar-refractivity contribution in [3.8, 4) is 5.75 Å². The molecule has 0 heterocycles. The van der Waals surface area contributed by atoms with Crippen LogP contribution in [-0.2, 0) is 0 Å². The zero-order valence-corrected chi connectivity index (χ0v) is 17.9. The number of nitrogens with one attached hydrogen (secondary N) is 1. The normalized spacial score (nSPS) is 14.0. The molecular formula is C22H41N3O. The fourth-order valence-electron chi connectivity index (χ4n) is 3.19. The third-order valence-corrected chi connectivity index (χ3v) is 4.94. The van der Waals surface area contributed by atoms with Gasteiger partial charge in [-0.25, -0.2) is 0 Å². The van der Waals surface area contributed by atoms with Crippen LogP contribution in [0.2, 0.25) is 0 Å². The molecule has 0 saturated heterocycles. The van der Waals surface area contributed by atoms with Crippen LogP contribution in [0, 0.1) is 0 Å². The summed E-state index contributed by atoms with van der Waals surface area (Å²) in [6, 6.07) is 9.44. The molecule has 2 atom stereocenters. The minimum absolute atomic E-state index is 0.362. The lowest BCUT2D eigenvalue weighted by atomic mass is 10.1. The molecule has 2 unspecified atom stereocenters. The van der Waals surface area contributed by atoms with E-state index in [1.54, 1.807) is 0 Å². The van der Waals surface area contributed by atoms with Crippen molar-refractivity contribution >= 4 is 0 Å². The second-order valence-corrected chi connectivity index (χ2v) is 7.53. The van der Waals surface area contributed by atoms with Gasteiger partial charge in [-0.05, 0) is 84.5 Å². The highest BCUT2D eigenvalue weighted by Gasteiger charge is 2.10. The van der Waals surface area contributed by atoms with Gasteiger partial charge in [-0.1, -0.05) is 26.0 Å². The fourth-order valence-corrected chi connectivity index (χ4v) is 3.19. The Balaban J connectivity index is 2.32. The minimum Gasteiger partial charge on any atom is -0.494 e. The molecule has 4 nitrogen and oxygen atoms in total. The Morgan fingerprint density at radius 1 is 0.962 bits per heavy atom. The Morgan fingerprint density at radius 2 is 1.62 bits per heavy atom. The zero-order valence-electron chi connectivity index (χ0n) is 17.9. The molecule has 0 aliphatic carbocycles. The van der Waals surface area contributed by atoms with Gasteiger partial charge in [0.05, 0.1) is 6.61 Å². The van der Waals surface area contributed by atoms with Crippen molar-refractivity contribution in [3.63, 3.8) is 0 Å². The first-order valence-corrected chi connectivity index (χ1v) is 10.3. The van der Waals surface area contributed by atoms with E-state index in [1.165, 1.54) is 24.9 Å². The molecule has 0 amide bonds. The lowest BCUT2D eigenvalue weighted by Crippen LogP contribution is -2.30. The number of rotatable bonds is 14. The molecule has 0 spiro atoms. The van der Waals surface area contributed by atoms with Crippen LogP contribution in [0.3, 0.4) is 0 Å². The smallest absolute Gasteiger partial charge is 0.119 e. The van der Waals surface area contributed by atoms with Crippen LogP contribution in [0.5, 0.6) is 5.75 Å². The van der Waals surface area contributed by atoms with Crippen LogP contribution in [0.25, 0.3) is 0 Å². The molecule has 1 N–H and O–H groups in total. The Kier molecular flexibility index (Phi) is 11.6. The van der Waals surface area contributed by atoms with Gasteiger partial charge in [0.1, 0.15) is 5.75 Å². The highest BCUT2D eigenvalue weighted by atomic mass is 16.5. The Labute approximate surface area is 161 Å². The van der Waals surface area contributed by atoms with Crippen LogP contribution in [-0.4, -0.2) is 62.7 Å². The van der Waals surface area contributed by atoms with Gasteiger partial charge in [0.25, 0.3) is 0 Å². The van der Waals surface area contributed by atoms with Crippen molar-refractivity contribution in [3.05, 3.63) is 29.8 Å². The van der Waals surface area contributed by atoms with Gasteiger partial charge in [0.2, 0.25) is 0 Å². The van der Waals surface area contributed by atoms with Crippen LogP contribution < -0.4 is 10.1 Å². The summed E-state index contributed by atoms with van der Waals surface area (Å²) in [6.45, 7) is 14.4. The molecule has 0 saturated carbocycles. The Hall–Kier alpha value is -1.10. The maximum Gasteiger partial charge on any atom is 0.119 e. The predicted octanol–water partition coefficient (Wildman–Crippen LogP) is 4.18. The summed E-state index contributed by atoms with van der Waals surface area (Å²) >= 11 is 0. The van der Waals surface area contributed by atoms with Gasteiger partial charge < -0.3 is 19.9 Å².